The molecule has 1 atom stereocenters. The van der Waals surface area contributed by atoms with Crippen molar-refractivity contribution in [1.29, 1.82) is 5.26 Å². The number of ether oxygens (including phenoxy) is 1. The van der Waals surface area contributed by atoms with Gasteiger partial charge in [-0.3, -0.25) is 14.5 Å². The fourth-order valence-corrected chi connectivity index (χ4v) is 3.74. The predicted molar refractivity (Wildman–Crippen MR) is 109 cm³/mol. The van der Waals surface area contributed by atoms with Crippen molar-refractivity contribution in [3.63, 3.8) is 0 Å². The molecule has 0 N–H and O–H groups in total. The van der Waals surface area contributed by atoms with Crippen molar-refractivity contribution in [2.45, 2.75) is 58.3 Å². The highest BCUT2D eigenvalue weighted by Gasteiger charge is 2.34. The minimum absolute atomic E-state index is 0.247. The quantitative estimate of drug-likeness (QED) is 0.756. The molecule has 3 rings (SSSR count). The molecule has 0 unspecified atom stereocenters. The zero-order valence-corrected chi connectivity index (χ0v) is 17.8. The van der Waals surface area contributed by atoms with Gasteiger partial charge in [-0.05, 0) is 44.7 Å². The zero-order chi connectivity index (χ0) is 21.9. The lowest BCUT2D eigenvalue weighted by atomic mass is 10.1. The van der Waals surface area contributed by atoms with Crippen LogP contribution in [0.2, 0.25) is 0 Å². The molecule has 3 amide bonds. The fraction of sp³-hybridized carbons (Fsp3) is 0.545. The highest BCUT2D eigenvalue weighted by atomic mass is 16.6. The van der Waals surface area contributed by atoms with Gasteiger partial charge in [-0.15, -0.1) is 0 Å². The van der Waals surface area contributed by atoms with Crippen LogP contribution in [-0.2, 0) is 27.4 Å². The maximum absolute atomic E-state index is 12.9. The SMILES string of the molecule is CC(C)(C)OC(=O)N(CC(=O)N1Cc2ccccc2C1)CC(=O)N1CCC[C@H]1C#N. The first-order valence-corrected chi connectivity index (χ1v) is 10.2. The number of likely N-dealkylation sites (tertiary alicyclic amines) is 1. The molecule has 30 heavy (non-hydrogen) atoms. The molecule has 1 saturated heterocycles. The van der Waals surface area contributed by atoms with Crippen LogP contribution >= 0.6 is 0 Å². The van der Waals surface area contributed by atoms with Crippen molar-refractivity contribution in [1.82, 2.24) is 14.7 Å². The number of carbonyl (C=O) groups excluding carboxylic acids is 3. The number of nitriles is 1. The van der Waals surface area contributed by atoms with Crippen LogP contribution in [0.4, 0.5) is 4.79 Å². The monoisotopic (exact) mass is 412 g/mol. The summed E-state index contributed by atoms with van der Waals surface area (Å²) in [5, 5.41) is 9.25. The molecule has 1 aromatic rings. The van der Waals surface area contributed by atoms with Gasteiger partial charge in [0.25, 0.3) is 0 Å². The summed E-state index contributed by atoms with van der Waals surface area (Å²) < 4.78 is 5.42. The smallest absolute Gasteiger partial charge is 0.411 e. The van der Waals surface area contributed by atoms with E-state index in [9.17, 15) is 19.6 Å². The summed E-state index contributed by atoms with van der Waals surface area (Å²) in [6.07, 6.45) is 0.662. The first-order chi connectivity index (χ1) is 14.2. The molecular formula is C22H28N4O4. The minimum Gasteiger partial charge on any atom is -0.444 e. The molecule has 0 saturated carbocycles. The average Bonchev–Trinajstić information content (AvgIpc) is 3.32. The summed E-state index contributed by atoms with van der Waals surface area (Å²) in [6.45, 7) is 6.09. The molecule has 0 spiro atoms. The molecular weight excluding hydrogens is 384 g/mol. The number of benzene rings is 1. The molecule has 2 aliphatic heterocycles. The molecule has 2 aliphatic rings. The summed E-state index contributed by atoms with van der Waals surface area (Å²) in [5.74, 6) is -0.592. The second-order valence-corrected chi connectivity index (χ2v) is 8.73. The molecule has 8 heteroatoms. The Kier molecular flexibility index (Phi) is 6.30. The van der Waals surface area contributed by atoms with E-state index in [4.69, 9.17) is 4.74 Å². The van der Waals surface area contributed by atoms with Gasteiger partial charge in [-0.25, -0.2) is 4.79 Å². The van der Waals surface area contributed by atoms with Crippen molar-refractivity contribution in [2.24, 2.45) is 0 Å². The standard InChI is InChI=1S/C22H28N4O4/c1-22(2,3)30-21(29)25(15-20(28)26-10-6-9-18(26)11-23)14-19(27)24-12-16-7-4-5-8-17(16)13-24/h4-5,7-8,18H,6,9-10,12-15H2,1-3H3/t18-/m0/s1. The van der Waals surface area contributed by atoms with Crippen LogP contribution < -0.4 is 0 Å². The van der Waals surface area contributed by atoms with E-state index in [1.54, 1.807) is 25.7 Å². The maximum Gasteiger partial charge on any atom is 0.411 e. The van der Waals surface area contributed by atoms with E-state index in [0.29, 0.717) is 26.1 Å². The van der Waals surface area contributed by atoms with Gasteiger partial charge in [0.15, 0.2) is 0 Å². The lowest BCUT2D eigenvalue weighted by Crippen LogP contribution is -2.49. The summed E-state index contributed by atoms with van der Waals surface area (Å²) in [4.78, 5) is 42.7. The van der Waals surface area contributed by atoms with Crippen LogP contribution in [0.15, 0.2) is 24.3 Å². The topological polar surface area (TPSA) is 93.9 Å². The van der Waals surface area contributed by atoms with E-state index >= 15 is 0 Å². The highest BCUT2D eigenvalue weighted by molar-refractivity contribution is 5.87. The third kappa shape index (κ3) is 5.09. The molecule has 160 valence electrons. The van der Waals surface area contributed by atoms with Gasteiger partial charge >= 0.3 is 6.09 Å². The molecule has 0 aliphatic carbocycles. The van der Waals surface area contributed by atoms with E-state index in [2.05, 4.69) is 6.07 Å². The first-order valence-electron chi connectivity index (χ1n) is 10.2. The molecule has 1 fully saturated rings. The minimum atomic E-state index is -0.756. The Balaban J connectivity index is 1.70. The second-order valence-electron chi connectivity index (χ2n) is 8.73. The molecule has 1 aromatic carbocycles. The fourth-order valence-electron chi connectivity index (χ4n) is 3.74. The summed E-state index contributed by atoms with van der Waals surface area (Å²) in [5.41, 5.74) is 1.41. The van der Waals surface area contributed by atoms with Gasteiger partial charge in [0.2, 0.25) is 11.8 Å². The third-order valence-corrected chi connectivity index (χ3v) is 5.22. The lowest BCUT2D eigenvalue weighted by molar-refractivity contribution is -0.136. The summed E-state index contributed by atoms with van der Waals surface area (Å²) in [6, 6.07) is 9.46. The Labute approximate surface area is 177 Å². The Bertz CT molecular complexity index is 846. The highest BCUT2D eigenvalue weighted by Crippen LogP contribution is 2.23. The van der Waals surface area contributed by atoms with Crippen LogP contribution in [-0.4, -0.2) is 63.9 Å². The predicted octanol–water partition coefficient (Wildman–Crippen LogP) is 2.28. The van der Waals surface area contributed by atoms with Crippen LogP contribution in [0.5, 0.6) is 0 Å². The van der Waals surface area contributed by atoms with Crippen LogP contribution in [0.3, 0.4) is 0 Å². The first kappa shape index (κ1) is 21.6. The second kappa shape index (κ2) is 8.74. The molecule has 0 bridgehead atoms. The van der Waals surface area contributed by atoms with Gasteiger partial charge in [0.1, 0.15) is 24.7 Å². The van der Waals surface area contributed by atoms with Crippen LogP contribution in [0.1, 0.15) is 44.7 Å². The van der Waals surface area contributed by atoms with Crippen molar-refractivity contribution in [2.75, 3.05) is 19.6 Å². The van der Waals surface area contributed by atoms with Crippen LogP contribution in [0, 0.1) is 11.3 Å². The van der Waals surface area contributed by atoms with E-state index in [0.717, 1.165) is 22.4 Å². The molecule has 0 radical (unpaired) electrons. The van der Waals surface area contributed by atoms with Crippen molar-refractivity contribution in [3.8, 4) is 6.07 Å². The third-order valence-electron chi connectivity index (χ3n) is 5.22. The maximum atomic E-state index is 12.9. The van der Waals surface area contributed by atoms with Crippen molar-refractivity contribution < 1.29 is 19.1 Å². The Hall–Kier alpha value is -3.08. The van der Waals surface area contributed by atoms with Crippen LogP contribution in [0.25, 0.3) is 0 Å². The van der Waals surface area contributed by atoms with Gasteiger partial charge in [0.05, 0.1) is 6.07 Å². The Morgan fingerprint density at radius 1 is 1.13 bits per heavy atom. The van der Waals surface area contributed by atoms with E-state index in [-0.39, 0.29) is 24.9 Å². The lowest BCUT2D eigenvalue weighted by Gasteiger charge is -2.29. The van der Waals surface area contributed by atoms with Gasteiger partial charge in [-0.1, -0.05) is 24.3 Å². The zero-order valence-electron chi connectivity index (χ0n) is 17.8. The Morgan fingerprint density at radius 2 is 1.73 bits per heavy atom. The number of hydrogen-bond acceptors (Lipinski definition) is 5. The molecule has 8 nitrogen and oxygen atoms in total. The number of carbonyl (C=O) groups is 3. The summed E-state index contributed by atoms with van der Waals surface area (Å²) in [7, 11) is 0. The number of amides is 3. The number of nitrogens with zero attached hydrogens (tertiary/aromatic N) is 4. The summed E-state index contributed by atoms with van der Waals surface area (Å²) >= 11 is 0. The number of hydrogen-bond donors (Lipinski definition) is 0. The van der Waals surface area contributed by atoms with Gasteiger partial charge < -0.3 is 14.5 Å². The van der Waals surface area contributed by atoms with Crippen molar-refractivity contribution >= 4 is 17.9 Å². The van der Waals surface area contributed by atoms with E-state index in [1.165, 1.54) is 4.90 Å². The molecule has 2 heterocycles. The van der Waals surface area contributed by atoms with Crippen molar-refractivity contribution in [3.05, 3.63) is 35.4 Å². The normalized spacial score (nSPS) is 18.0. The largest absolute Gasteiger partial charge is 0.444 e. The molecule has 0 aromatic heterocycles. The Morgan fingerprint density at radius 3 is 2.30 bits per heavy atom. The van der Waals surface area contributed by atoms with E-state index < -0.39 is 17.7 Å². The number of rotatable bonds is 4. The van der Waals surface area contributed by atoms with Gasteiger partial charge in [-0.2, -0.15) is 5.26 Å². The average molecular weight is 412 g/mol. The number of fused-ring (bicyclic) bond motifs is 1. The van der Waals surface area contributed by atoms with E-state index in [1.807, 2.05) is 24.3 Å². The van der Waals surface area contributed by atoms with Gasteiger partial charge in [0, 0.05) is 19.6 Å².